The van der Waals surface area contributed by atoms with Gasteiger partial charge in [0, 0.05) is 0 Å². The molecule has 2 heteroatoms. The maximum atomic E-state index is 6.54. The van der Waals surface area contributed by atoms with Crippen LogP contribution in [0.3, 0.4) is 0 Å². The summed E-state index contributed by atoms with van der Waals surface area (Å²) >= 11 is 0. The van der Waals surface area contributed by atoms with Crippen LogP contribution in [-0.2, 0) is 11.0 Å². The van der Waals surface area contributed by atoms with Crippen molar-refractivity contribution >= 4 is 29.9 Å². The van der Waals surface area contributed by atoms with Gasteiger partial charge in [-0.15, -0.1) is 0 Å². The summed E-state index contributed by atoms with van der Waals surface area (Å²) in [7, 11) is -1.76. The Balaban J connectivity index is 2.11. The van der Waals surface area contributed by atoms with Crippen LogP contribution in [0.4, 0.5) is 0 Å². The monoisotopic (exact) mass is 322 g/mol. The van der Waals surface area contributed by atoms with E-state index in [0.717, 1.165) is 0 Å². The summed E-state index contributed by atoms with van der Waals surface area (Å²) in [5.74, 6) is 0. The first-order chi connectivity index (χ1) is 10.8. The molecule has 0 aliphatic rings. The summed E-state index contributed by atoms with van der Waals surface area (Å²) in [4.78, 5) is 0. The van der Waals surface area contributed by atoms with Crippen molar-refractivity contribution in [3.05, 3.63) is 60.2 Å². The van der Waals surface area contributed by atoms with E-state index in [0.29, 0.717) is 6.61 Å². The van der Waals surface area contributed by atoms with Gasteiger partial charge < -0.3 is 4.43 Å². The molecule has 120 valence electrons. The predicted octanol–water partition coefficient (Wildman–Crippen LogP) is 6.51. The van der Waals surface area contributed by atoms with Gasteiger partial charge >= 0.3 is 0 Å². The molecule has 0 N–H and O–H groups in total. The van der Waals surface area contributed by atoms with Gasteiger partial charge in [0.15, 0.2) is 8.32 Å². The number of hydrogen-bond acceptors (Lipinski definition) is 1. The topological polar surface area (TPSA) is 9.23 Å². The van der Waals surface area contributed by atoms with Gasteiger partial charge in [-0.25, -0.2) is 0 Å². The lowest BCUT2D eigenvalue weighted by Gasteiger charge is -2.36. The van der Waals surface area contributed by atoms with E-state index < -0.39 is 8.32 Å². The SMILES string of the molecule is CC(C)(C)[Si](C)(C)OCc1c2ccccc2cc2ccccc12. The Morgan fingerprint density at radius 1 is 0.826 bits per heavy atom. The van der Waals surface area contributed by atoms with Crippen molar-refractivity contribution in [3.8, 4) is 0 Å². The number of hydrogen-bond donors (Lipinski definition) is 0. The molecule has 0 spiro atoms. The summed E-state index contributed by atoms with van der Waals surface area (Å²) in [6, 6.07) is 19.5. The average molecular weight is 323 g/mol. The van der Waals surface area contributed by atoms with Crippen molar-refractivity contribution in [3.63, 3.8) is 0 Å². The van der Waals surface area contributed by atoms with E-state index in [9.17, 15) is 0 Å². The Bertz CT molecular complexity index is 789. The fourth-order valence-electron chi connectivity index (χ4n) is 2.73. The molecule has 23 heavy (non-hydrogen) atoms. The van der Waals surface area contributed by atoms with Gasteiger partial charge in [-0.1, -0.05) is 69.3 Å². The smallest absolute Gasteiger partial charge is 0.192 e. The van der Waals surface area contributed by atoms with Crippen LogP contribution >= 0.6 is 0 Å². The molecular formula is C21H26OSi. The average Bonchev–Trinajstić information content (AvgIpc) is 2.50. The lowest BCUT2D eigenvalue weighted by atomic mass is 9.97. The molecule has 0 aliphatic heterocycles. The fourth-order valence-corrected chi connectivity index (χ4v) is 3.67. The van der Waals surface area contributed by atoms with Crippen LogP contribution in [0.25, 0.3) is 21.5 Å². The van der Waals surface area contributed by atoms with E-state index in [1.165, 1.54) is 27.1 Å². The summed E-state index contributed by atoms with van der Waals surface area (Å²) in [5.41, 5.74) is 1.32. The van der Waals surface area contributed by atoms with Crippen molar-refractivity contribution in [1.82, 2.24) is 0 Å². The molecule has 3 rings (SSSR count). The molecule has 0 fully saturated rings. The minimum absolute atomic E-state index is 0.230. The molecule has 3 aromatic carbocycles. The van der Waals surface area contributed by atoms with Gasteiger partial charge in [0.25, 0.3) is 0 Å². The van der Waals surface area contributed by atoms with E-state index in [4.69, 9.17) is 4.43 Å². The van der Waals surface area contributed by atoms with E-state index in [1.54, 1.807) is 0 Å². The van der Waals surface area contributed by atoms with Crippen LogP contribution in [0.2, 0.25) is 18.1 Å². The number of fused-ring (bicyclic) bond motifs is 2. The normalized spacial score (nSPS) is 12.9. The molecular weight excluding hydrogens is 296 g/mol. The summed E-state index contributed by atoms with van der Waals surface area (Å²) < 4.78 is 6.54. The molecule has 0 bridgehead atoms. The first-order valence-electron chi connectivity index (χ1n) is 8.33. The Kier molecular flexibility index (Phi) is 4.07. The van der Waals surface area contributed by atoms with Gasteiger partial charge in [0.1, 0.15) is 0 Å². The molecule has 0 atom stereocenters. The largest absolute Gasteiger partial charge is 0.413 e. The maximum Gasteiger partial charge on any atom is 0.192 e. The third-order valence-corrected chi connectivity index (χ3v) is 9.74. The number of rotatable bonds is 3. The summed E-state index contributed by atoms with van der Waals surface area (Å²) in [5, 5.41) is 5.43. The second kappa shape index (κ2) is 5.77. The van der Waals surface area contributed by atoms with Crippen LogP contribution in [0.1, 0.15) is 26.3 Å². The van der Waals surface area contributed by atoms with Gasteiger partial charge in [-0.05, 0) is 51.3 Å². The van der Waals surface area contributed by atoms with Gasteiger partial charge in [-0.2, -0.15) is 0 Å². The standard InChI is InChI=1S/C21H26OSi/c1-21(2,3)23(4,5)22-15-20-18-12-8-6-10-16(18)14-17-11-7-9-13-19(17)20/h6-14H,15H2,1-5H3. The van der Waals surface area contributed by atoms with Crippen LogP contribution in [0.5, 0.6) is 0 Å². The van der Waals surface area contributed by atoms with Crippen molar-refractivity contribution in [1.29, 1.82) is 0 Å². The Morgan fingerprint density at radius 3 is 1.78 bits per heavy atom. The Labute approximate surface area is 140 Å². The van der Waals surface area contributed by atoms with Crippen LogP contribution < -0.4 is 0 Å². The molecule has 0 aliphatic carbocycles. The van der Waals surface area contributed by atoms with Crippen molar-refractivity contribution in [2.24, 2.45) is 0 Å². The Hall–Kier alpha value is -1.64. The van der Waals surface area contributed by atoms with E-state index in [-0.39, 0.29) is 5.04 Å². The number of benzene rings is 3. The molecule has 0 saturated carbocycles. The fraction of sp³-hybridized carbons (Fsp3) is 0.333. The molecule has 0 amide bonds. The molecule has 0 radical (unpaired) electrons. The first kappa shape index (κ1) is 16.2. The first-order valence-corrected chi connectivity index (χ1v) is 11.2. The third kappa shape index (κ3) is 3.06. The van der Waals surface area contributed by atoms with Crippen LogP contribution in [0.15, 0.2) is 54.6 Å². The molecule has 0 saturated heterocycles. The molecule has 3 aromatic rings. The highest BCUT2D eigenvalue weighted by molar-refractivity contribution is 6.74. The van der Waals surface area contributed by atoms with Gasteiger partial charge in [0.05, 0.1) is 6.61 Å². The molecule has 0 heterocycles. The minimum Gasteiger partial charge on any atom is -0.413 e. The lowest BCUT2D eigenvalue weighted by molar-refractivity contribution is 0.279. The zero-order chi connectivity index (χ0) is 16.7. The zero-order valence-electron chi connectivity index (χ0n) is 14.8. The zero-order valence-corrected chi connectivity index (χ0v) is 15.8. The third-order valence-electron chi connectivity index (χ3n) is 5.27. The van der Waals surface area contributed by atoms with Gasteiger partial charge in [-0.3, -0.25) is 0 Å². The summed E-state index contributed by atoms with van der Waals surface area (Å²) in [6.45, 7) is 12.2. The quantitative estimate of drug-likeness (QED) is 0.394. The lowest BCUT2D eigenvalue weighted by Crippen LogP contribution is -2.40. The second-order valence-corrected chi connectivity index (χ2v) is 12.7. The molecule has 1 nitrogen and oxygen atoms in total. The van der Waals surface area contributed by atoms with Crippen LogP contribution in [-0.4, -0.2) is 8.32 Å². The summed E-state index contributed by atoms with van der Waals surface area (Å²) in [6.07, 6.45) is 0. The predicted molar refractivity (Wildman–Crippen MR) is 103 cm³/mol. The second-order valence-electron chi connectivity index (χ2n) is 7.85. The van der Waals surface area contributed by atoms with E-state index in [1.807, 2.05) is 0 Å². The maximum absolute atomic E-state index is 6.54. The highest BCUT2D eigenvalue weighted by Gasteiger charge is 2.37. The Morgan fingerprint density at radius 2 is 1.30 bits per heavy atom. The van der Waals surface area contributed by atoms with Crippen LogP contribution in [0, 0.1) is 0 Å². The molecule has 0 unspecified atom stereocenters. The van der Waals surface area contributed by atoms with E-state index in [2.05, 4.69) is 88.5 Å². The highest BCUT2D eigenvalue weighted by atomic mass is 28.4. The van der Waals surface area contributed by atoms with Crippen molar-refractivity contribution in [2.75, 3.05) is 0 Å². The van der Waals surface area contributed by atoms with Gasteiger partial charge in [0.2, 0.25) is 0 Å². The van der Waals surface area contributed by atoms with Crippen molar-refractivity contribution < 1.29 is 4.43 Å². The molecule has 0 aromatic heterocycles. The van der Waals surface area contributed by atoms with E-state index >= 15 is 0 Å². The van der Waals surface area contributed by atoms with Crippen molar-refractivity contribution in [2.45, 2.75) is 45.5 Å². The minimum atomic E-state index is -1.76. The highest BCUT2D eigenvalue weighted by Crippen LogP contribution is 2.38.